The standard InChI is InChI=1S/C23H28.C7H7F.C2H6.CH4/c1-6-19-16-23(5)21(15-18(19)3)12-14-22(23,4)13-11-20-10-8-7-9-17(20)2;1-6-2-4-7(8)5-3-6;1-2;/h6-11,13,15H,1,12,14,16H2,2-5H3;2-5H,1H3;1-2H3;1H4/b13-11+;;;. The van der Waals surface area contributed by atoms with Gasteiger partial charge in [0.25, 0.3) is 0 Å². The normalized spacial score (nSPS) is 23.0. The summed E-state index contributed by atoms with van der Waals surface area (Å²) in [5.74, 6) is -0.171. The molecule has 0 N–H and O–H groups in total. The maximum Gasteiger partial charge on any atom is 0.123 e. The minimum Gasteiger partial charge on any atom is -0.207 e. The number of fused-ring (bicyclic) bond motifs is 1. The molecular weight excluding hydrogens is 415 g/mol. The zero-order valence-corrected chi connectivity index (χ0v) is 21.6. The molecule has 0 bridgehead atoms. The van der Waals surface area contributed by atoms with E-state index >= 15 is 0 Å². The lowest BCUT2D eigenvalue weighted by Crippen LogP contribution is -2.33. The fourth-order valence-electron chi connectivity index (χ4n) is 4.82. The third-order valence-electron chi connectivity index (χ3n) is 7.40. The van der Waals surface area contributed by atoms with E-state index in [4.69, 9.17) is 0 Å². The van der Waals surface area contributed by atoms with Gasteiger partial charge >= 0.3 is 0 Å². The Labute approximate surface area is 209 Å². The lowest BCUT2D eigenvalue weighted by molar-refractivity contribution is 0.202. The van der Waals surface area contributed by atoms with Crippen LogP contribution in [-0.4, -0.2) is 0 Å². The second-order valence-corrected chi connectivity index (χ2v) is 9.49. The zero-order chi connectivity index (χ0) is 24.6. The maximum atomic E-state index is 12.1. The maximum absolute atomic E-state index is 12.1. The average Bonchev–Trinajstić information content (AvgIpc) is 3.07. The molecule has 1 saturated carbocycles. The van der Waals surface area contributed by atoms with Crippen molar-refractivity contribution in [2.45, 2.75) is 75.2 Å². The van der Waals surface area contributed by atoms with Crippen molar-refractivity contribution in [3.8, 4) is 0 Å². The van der Waals surface area contributed by atoms with Gasteiger partial charge in [-0.3, -0.25) is 0 Å². The minimum atomic E-state index is -0.171. The second-order valence-electron chi connectivity index (χ2n) is 9.49. The summed E-state index contributed by atoms with van der Waals surface area (Å²) in [6.07, 6.45) is 12.8. The minimum absolute atomic E-state index is 0. The lowest BCUT2D eigenvalue weighted by Gasteiger charge is -2.43. The summed E-state index contributed by atoms with van der Waals surface area (Å²) < 4.78 is 12.1. The van der Waals surface area contributed by atoms with Gasteiger partial charge < -0.3 is 0 Å². The Morgan fingerprint density at radius 1 is 0.941 bits per heavy atom. The van der Waals surface area contributed by atoms with Gasteiger partial charge in [-0.2, -0.15) is 0 Å². The number of hydrogen-bond donors (Lipinski definition) is 0. The topological polar surface area (TPSA) is 0 Å². The Hall–Kier alpha value is -2.67. The second kappa shape index (κ2) is 12.7. The number of allylic oxidation sites excluding steroid dienone is 6. The Balaban J connectivity index is 0.000000444. The van der Waals surface area contributed by atoms with Gasteiger partial charge in [0.2, 0.25) is 0 Å². The summed E-state index contributed by atoms with van der Waals surface area (Å²) in [6, 6.07) is 15.0. The molecule has 0 saturated heterocycles. The van der Waals surface area contributed by atoms with Crippen LogP contribution >= 0.6 is 0 Å². The van der Waals surface area contributed by atoms with Gasteiger partial charge in [0.05, 0.1) is 0 Å². The van der Waals surface area contributed by atoms with Crippen LogP contribution in [0, 0.1) is 30.5 Å². The number of hydrogen-bond acceptors (Lipinski definition) is 0. The van der Waals surface area contributed by atoms with Crippen molar-refractivity contribution in [2.75, 3.05) is 0 Å². The van der Waals surface area contributed by atoms with Crippen LogP contribution in [0.3, 0.4) is 0 Å². The SMILES string of the molecule is C.C=CC1=C(C)C=C2CCC(C)(/C=C/c3ccccc3C)C2(C)C1.CC.Cc1ccc(F)cc1. The molecular formula is C33H45F. The highest BCUT2D eigenvalue weighted by Crippen LogP contribution is 2.61. The molecule has 1 fully saturated rings. The Morgan fingerprint density at radius 2 is 1.56 bits per heavy atom. The monoisotopic (exact) mass is 460 g/mol. The van der Waals surface area contributed by atoms with E-state index in [1.165, 1.54) is 47.2 Å². The van der Waals surface area contributed by atoms with Gasteiger partial charge in [0.1, 0.15) is 5.82 Å². The van der Waals surface area contributed by atoms with Gasteiger partial charge in [-0.25, -0.2) is 4.39 Å². The van der Waals surface area contributed by atoms with Crippen molar-refractivity contribution in [3.05, 3.63) is 113 Å². The molecule has 2 atom stereocenters. The summed E-state index contributed by atoms with van der Waals surface area (Å²) in [4.78, 5) is 0. The lowest BCUT2D eigenvalue weighted by atomic mass is 9.61. The van der Waals surface area contributed by atoms with Crippen molar-refractivity contribution in [3.63, 3.8) is 0 Å². The van der Waals surface area contributed by atoms with Crippen LogP contribution in [0.25, 0.3) is 6.08 Å². The first-order chi connectivity index (χ1) is 15.7. The summed E-state index contributed by atoms with van der Waals surface area (Å²) in [7, 11) is 0. The Kier molecular flexibility index (Phi) is 11.0. The quantitative estimate of drug-likeness (QED) is 0.427. The van der Waals surface area contributed by atoms with Crippen molar-refractivity contribution in [2.24, 2.45) is 10.8 Å². The number of benzene rings is 2. The first-order valence-corrected chi connectivity index (χ1v) is 12.2. The zero-order valence-electron chi connectivity index (χ0n) is 21.6. The highest BCUT2D eigenvalue weighted by molar-refractivity contribution is 5.56. The first-order valence-electron chi connectivity index (χ1n) is 12.2. The van der Waals surface area contributed by atoms with E-state index in [9.17, 15) is 4.39 Å². The molecule has 0 amide bonds. The van der Waals surface area contributed by atoms with E-state index in [0.29, 0.717) is 0 Å². The van der Waals surface area contributed by atoms with Gasteiger partial charge in [-0.15, -0.1) is 0 Å². The molecule has 34 heavy (non-hydrogen) atoms. The van der Waals surface area contributed by atoms with Crippen LogP contribution in [0.2, 0.25) is 0 Å². The van der Waals surface area contributed by atoms with E-state index in [-0.39, 0.29) is 24.1 Å². The van der Waals surface area contributed by atoms with Crippen molar-refractivity contribution in [1.82, 2.24) is 0 Å². The van der Waals surface area contributed by atoms with Gasteiger partial charge in [-0.1, -0.05) is 114 Å². The van der Waals surface area contributed by atoms with Crippen LogP contribution in [0.15, 0.2) is 90.1 Å². The molecule has 0 radical (unpaired) electrons. The smallest absolute Gasteiger partial charge is 0.123 e. The molecule has 2 aliphatic carbocycles. The third kappa shape index (κ3) is 6.47. The molecule has 2 aliphatic rings. The number of halogens is 1. The summed E-state index contributed by atoms with van der Waals surface area (Å²) >= 11 is 0. The fourth-order valence-corrected chi connectivity index (χ4v) is 4.82. The van der Waals surface area contributed by atoms with E-state index < -0.39 is 0 Å². The first kappa shape index (κ1) is 29.4. The summed E-state index contributed by atoms with van der Waals surface area (Å²) in [5.41, 5.74) is 8.63. The number of aryl methyl sites for hydroxylation is 2. The highest BCUT2D eigenvalue weighted by Gasteiger charge is 2.51. The van der Waals surface area contributed by atoms with Gasteiger partial charge in [0, 0.05) is 5.41 Å². The Bertz CT molecular complexity index is 1010. The molecule has 2 aromatic carbocycles. The highest BCUT2D eigenvalue weighted by atomic mass is 19.1. The van der Waals surface area contributed by atoms with Gasteiger partial charge in [0.15, 0.2) is 0 Å². The Morgan fingerprint density at radius 3 is 2.12 bits per heavy atom. The largest absolute Gasteiger partial charge is 0.207 e. The van der Waals surface area contributed by atoms with Crippen molar-refractivity contribution < 1.29 is 4.39 Å². The molecule has 0 nitrogen and oxygen atoms in total. The van der Waals surface area contributed by atoms with Crippen LogP contribution in [0.5, 0.6) is 0 Å². The van der Waals surface area contributed by atoms with Gasteiger partial charge in [-0.05, 0) is 79.9 Å². The van der Waals surface area contributed by atoms with Crippen LogP contribution in [-0.2, 0) is 0 Å². The predicted octanol–water partition coefficient (Wildman–Crippen LogP) is 10.4. The molecule has 0 spiro atoms. The molecule has 1 heteroatoms. The third-order valence-corrected chi connectivity index (χ3v) is 7.40. The molecule has 0 heterocycles. The fraction of sp³-hybridized carbons (Fsp3) is 0.394. The molecule has 4 rings (SSSR count). The van der Waals surface area contributed by atoms with E-state index in [2.05, 4.69) is 82.8 Å². The molecule has 0 aromatic heterocycles. The molecule has 2 unspecified atom stereocenters. The van der Waals surface area contributed by atoms with Crippen LogP contribution in [0.1, 0.15) is 78.0 Å². The average molecular weight is 461 g/mol. The van der Waals surface area contributed by atoms with Crippen LogP contribution < -0.4 is 0 Å². The summed E-state index contributed by atoms with van der Waals surface area (Å²) in [5, 5.41) is 0. The van der Waals surface area contributed by atoms with E-state index in [1.807, 2.05) is 20.8 Å². The predicted molar refractivity (Wildman–Crippen MR) is 150 cm³/mol. The molecule has 0 aliphatic heterocycles. The van der Waals surface area contributed by atoms with E-state index in [0.717, 1.165) is 12.0 Å². The van der Waals surface area contributed by atoms with Crippen molar-refractivity contribution >= 4 is 6.08 Å². The molecule has 184 valence electrons. The van der Waals surface area contributed by atoms with Crippen molar-refractivity contribution in [1.29, 1.82) is 0 Å². The molecule has 2 aromatic rings. The summed E-state index contributed by atoms with van der Waals surface area (Å²) in [6.45, 7) is 19.3. The van der Waals surface area contributed by atoms with Crippen LogP contribution in [0.4, 0.5) is 4.39 Å². The number of rotatable bonds is 3. The van der Waals surface area contributed by atoms with E-state index in [1.54, 1.807) is 17.7 Å².